The molecule has 1 N–H and O–H groups in total. The Morgan fingerprint density at radius 2 is 2.08 bits per heavy atom. The van der Waals surface area contributed by atoms with Crippen LogP contribution in [-0.4, -0.2) is 41.6 Å². The summed E-state index contributed by atoms with van der Waals surface area (Å²) < 4.78 is 5.89. The summed E-state index contributed by atoms with van der Waals surface area (Å²) in [5.74, 6) is 1.71. The molecule has 0 saturated carbocycles. The van der Waals surface area contributed by atoms with Gasteiger partial charge >= 0.3 is 0 Å². The highest BCUT2D eigenvalue weighted by Gasteiger charge is 2.28. The predicted molar refractivity (Wildman–Crippen MR) is 94.5 cm³/mol. The first-order valence-corrected chi connectivity index (χ1v) is 8.84. The molecule has 2 aliphatic heterocycles. The second-order valence-electron chi connectivity index (χ2n) is 6.63. The molecular weight excluding hydrogens is 316 g/mol. The van der Waals surface area contributed by atoms with Crippen molar-refractivity contribution >= 4 is 11.9 Å². The number of nitrogens with zero attached hydrogens (tertiary/aromatic N) is 3. The summed E-state index contributed by atoms with van der Waals surface area (Å²) >= 11 is 0. The van der Waals surface area contributed by atoms with Crippen LogP contribution >= 0.6 is 0 Å². The van der Waals surface area contributed by atoms with Gasteiger partial charge in [-0.3, -0.25) is 4.79 Å². The molecule has 2 aliphatic rings. The fourth-order valence-corrected chi connectivity index (χ4v) is 3.55. The number of benzene rings is 1. The standard InChI is InChI=1S/C19H22N4O2/c24-18(22-12-16-11-14-5-1-2-7-17(14)25-16)15-6-3-10-23(13-15)19-20-8-4-9-21-19/h1-2,4-5,7-9,15-16H,3,6,10-13H2,(H,22,24)/t15-,16+/m0/s1. The van der Waals surface area contributed by atoms with Crippen LogP contribution in [0, 0.1) is 5.92 Å². The van der Waals surface area contributed by atoms with Gasteiger partial charge in [0.05, 0.1) is 12.5 Å². The molecule has 1 aromatic carbocycles. The van der Waals surface area contributed by atoms with Crippen LogP contribution in [-0.2, 0) is 11.2 Å². The molecule has 1 amide bonds. The SMILES string of the molecule is O=C(NC[C@H]1Cc2ccccc2O1)[C@H]1CCCN(c2ncccn2)C1. The van der Waals surface area contributed by atoms with Gasteiger partial charge in [-0.25, -0.2) is 9.97 Å². The molecule has 0 aliphatic carbocycles. The van der Waals surface area contributed by atoms with Gasteiger partial charge in [-0.2, -0.15) is 0 Å². The molecule has 6 nitrogen and oxygen atoms in total. The van der Waals surface area contributed by atoms with E-state index in [1.165, 1.54) is 5.56 Å². The minimum absolute atomic E-state index is 0.0264. The number of para-hydroxylation sites is 1. The molecule has 6 heteroatoms. The predicted octanol–water partition coefficient (Wildman–Crippen LogP) is 1.81. The van der Waals surface area contributed by atoms with Crippen LogP contribution in [0.15, 0.2) is 42.7 Å². The molecule has 1 aromatic heterocycles. The summed E-state index contributed by atoms with van der Waals surface area (Å²) in [6.45, 7) is 2.11. The van der Waals surface area contributed by atoms with Crippen LogP contribution in [0.5, 0.6) is 5.75 Å². The highest BCUT2D eigenvalue weighted by Crippen LogP contribution is 2.28. The average molecular weight is 338 g/mol. The van der Waals surface area contributed by atoms with E-state index in [0.717, 1.165) is 31.6 Å². The number of piperidine rings is 1. The Bertz CT molecular complexity index is 712. The Labute approximate surface area is 147 Å². The van der Waals surface area contributed by atoms with Crippen LogP contribution in [0.1, 0.15) is 18.4 Å². The lowest BCUT2D eigenvalue weighted by Crippen LogP contribution is -2.45. The molecule has 1 fully saturated rings. The van der Waals surface area contributed by atoms with E-state index in [1.54, 1.807) is 18.5 Å². The number of hydrogen-bond donors (Lipinski definition) is 1. The molecule has 0 unspecified atom stereocenters. The average Bonchev–Trinajstić information content (AvgIpc) is 3.10. The van der Waals surface area contributed by atoms with Crippen molar-refractivity contribution < 1.29 is 9.53 Å². The fourth-order valence-electron chi connectivity index (χ4n) is 3.55. The summed E-state index contributed by atoms with van der Waals surface area (Å²) in [5.41, 5.74) is 1.21. The number of amides is 1. The number of nitrogens with one attached hydrogen (secondary N) is 1. The van der Waals surface area contributed by atoms with Gasteiger partial charge in [0, 0.05) is 31.9 Å². The molecule has 0 spiro atoms. The number of carbonyl (C=O) groups excluding carboxylic acids is 1. The quantitative estimate of drug-likeness (QED) is 0.921. The van der Waals surface area contributed by atoms with Crippen molar-refractivity contribution in [3.8, 4) is 5.75 Å². The lowest BCUT2D eigenvalue weighted by molar-refractivity contribution is -0.125. The maximum atomic E-state index is 12.6. The summed E-state index contributed by atoms with van der Waals surface area (Å²) in [5, 5.41) is 3.07. The van der Waals surface area contributed by atoms with Crippen LogP contribution in [0.3, 0.4) is 0 Å². The van der Waals surface area contributed by atoms with Crippen molar-refractivity contribution in [3.63, 3.8) is 0 Å². The smallest absolute Gasteiger partial charge is 0.225 e. The fraction of sp³-hybridized carbons (Fsp3) is 0.421. The second-order valence-corrected chi connectivity index (χ2v) is 6.63. The molecule has 1 saturated heterocycles. The van der Waals surface area contributed by atoms with Gasteiger partial charge in [-0.15, -0.1) is 0 Å². The van der Waals surface area contributed by atoms with Crippen molar-refractivity contribution in [3.05, 3.63) is 48.3 Å². The van der Waals surface area contributed by atoms with Gasteiger partial charge in [0.2, 0.25) is 11.9 Å². The molecule has 130 valence electrons. The van der Waals surface area contributed by atoms with Gasteiger partial charge in [0.1, 0.15) is 11.9 Å². The zero-order chi connectivity index (χ0) is 17.1. The van der Waals surface area contributed by atoms with E-state index in [1.807, 2.05) is 18.2 Å². The zero-order valence-corrected chi connectivity index (χ0v) is 14.1. The normalized spacial score (nSPS) is 22.2. The lowest BCUT2D eigenvalue weighted by atomic mass is 9.97. The summed E-state index contributed by atoms with van der Waals surface area (Å²) in [7, 11) is 0. The molecule has 4 rings (SSSR count). The van der Waals surface area contributed by atoms with E-state index in [2.05, 4.69) is 26.3 Å². The molecule has 2 atom stereocenters. The summed E-state index contributed by atoms with van der Waals surface area (Å²) in [6.07, 6.45) is 6.23. The third-order valence-electron chi connectivity index (χ3n) is 4.84. The Morgan fingerprint density at radius 1 is 1.24 bits per heavy atom. The number of anilines is 1. The van der Waals surface area contributed by atoms with E-state index in [0.29, 0.717) is 19.0 Å². The molecule has 0 bridgehead atoms. The van der Waals surface area contributed by atoms with Gasteiger partial charge in [0.25, 0.3) is 0 Å². The number of rotatable bonds is 4. The number of carbonyl (C=O) groups is 1. The maximum absolute atomic E-state index is 12.6. The van der Waals surface area contributed by atoms with Gasteiger partial charge < -0.3 is 15.0 Å². The van der Waals surface area contributed by atoms with Crippen molar-refractivity contribution in [2.75, 3.05) is 24.5 Å². The topological polar surface area (TPSA) is 67.3 Å². The van der Waals surface area contributed by atoms with Gasteiger partial charge in [-0.1, -0.05) is 18.2 Å². The minimum atomic E-state index is -0.0265. The maximum Gasteiger partial charge on any atom is 0.225 e. The lowest BCUT2D eigenvalue weighted by Gasteiger charge is -2.32. The second kappa shape index (κ2) is 7.09. The number of aromatic nitrogens is 2. The largest absolute Gasteiger partial charge is 0.488 e. The summed E-state index contributed by atoms with van der Waals surface area (Å²) in [6, 6.07) is 9.86. The van der Waals surface area contributed by atoms with Crippen LogP contribution < -0.4 is 15.0 Å². The molecular formula is C19H22N4O2. The Morgan fingerprint density at radius 3 is 2.92 bits per heavy atom. The zero-order valence-electron chi connectivity index (χ0n) is 14.1. The third kappa shape index (κ3) is 3.57. The van der Waals surface area contributed by atoms with Crippen LogP contribution in [0.4, 0.5) is 5.95 Å². The first kappa shape index (κ1) is 15.9. The highest BCUT2D eigenvalue weighted by molar-refractivity contribution is 5.79. The van der Waals surface area contributed by atoms with Crippen LogP contribution in [0.25, 0.3) is 0 Å². The first-order chi connectivity index (χ1) is 12.3. The van der Waals surface area contributed by atoms with Gasteiger partial charge in [0.15, 0.2) is 0 Å². The Balaban J connectivity index is 1.30. The van der Waals surface area contributed by atoms with Crippen molar-refractivity contribution in [1.29, 1.82) is 0 Å². The number of ether oxygens (including phenoxy) is 1. The van der Waals surface area contributed by atoms with Gasteiger partial charge in [-0.05, 0) is 30.5 Å². The monoisotopic (exact) mass is 338 g/mol. The van der Waals surface area contributed by atoms with E-state index >= 15 is 0 Å². The molecule has 3 heterocycles. The number of fused-ring (bicyclic) bond motifs is 1. The van der Waals surface area contributed by atoms with Crippen molar-refractivity contribution in [1.82, 2.24) is 15.3 Å². The summed E-state index contributed by atoms with van der Waals surface area (Å²) in [4.78, 5) is 23.2. The van der Waals surface area contributed by atoms with Crippen molar-refractivity contribution in [2.24, 2.45) is 5.92 Å². The first-order valence-electron chi connectivity index (χ1n) is 8.84. The Kier molecular flexibility index (Phi) is 4.50. The Hall–Kier alpha value is -2.63. The minimum Gasteiger partial charge on any atom is -0.488 e. The third-order valence-corrected chi connectivity index (χ3v) is 4.84. The van der Waals surface area contributed by atoms with E-state index < -0.39 is 0 Å². The molecule has 0 radical (unpaired) electrons. The molecule has 2 aromatic rings. The van der Waals surface area contributed by atoms with Crippen LogP contribution in [0.2, 0.25) is 0 Å². The van der Waals surface area contributed by atoms with E-state index in [-0.39, 0.29) is 17.9 Å². The van der Waals surface area contributed by atoms with Crippen molar-refractivity contribution in [2.45, 2.75) is 25.4 Å². The molecule has 25 heavy (non-hydrogen) atoms. The van der Waals surface area contributed by atoms with E-state index in [4.69, 9.17) is 4.74 Å². The number of hydrogen-bond acceptors (Lipinski definition) is 5. The van der Waals surface area contributed by atoms with E-state index in [9.17, 15) is 4.79 Å². The highest BCUT2D eigenvalue weighted by atomic mass is 16.5.